The SMILES string of the molecule is Cc1cc2cc(C(=O)O)cc(O)c2cc1C. The summed E-state index contributed by atoms with van der Waals surface area (Å²) >= 11 is 0. The number of phenolic OH excluding ortho intramolecular Hbond substituents is 1. The van der Waals surface area contributed by atoms with Gasteiger partial charge in [0.1, 0.15) is 5.75 Å². The topological polar surface area (TPSA) is 57.5 Å². The lowest BCUT2D eigenvalue weighted by atomic mass is 10.00. The third-order valence-corrected chi connectivity index (χ3v) is 2.79. The first-order valence-electron chi connectivity index (χ1n) is 4.96. The number of fused-ring (bicyclic) bond motifs is 1. The molecule has 0 heterocycles. The fourth-order valence-electron chi connectivity index (χ4n) is 1.74. The molecule has 2 aromatic rings. The molecule has 0 saturated carbocycles. The molecule has 82 valence electrons. The van der Waals surface area contributed by atoms with Gasteiger partial charge in [0.25, 0.3) is 0 Å². The summed E-state index contributed by atoms with van der Waals surface area (Å²) in [7, 11) is 0. The molecule has 3 heteroatoms. The second-order valence-electron chi connectivity index (χ2n) is 3.96. The number of hydrogen-bond acceptors (Lipinski definition) is 2. The van der Waals surface area contributed by atoms with E-state index in [1.165, 1.54) is 6.07 Å². The average Bonchev–Trinajstić information content (AvgIpc) is 2.20. The van der Waals surface area contributed by atoms with Gasteiger partial charge in [0.15, 0.2) is 0 Å². The van der Waals surface area contributed by atoms with Gasteiger partial charge in [-0.25, -0.2) is 4.79 Å². The van der Waals surface area contributed by atoms with E-state index in [1.807, 2.05) is 26.0 Å². The van der Waals surface area contributed by atoms with Crippen molar-refractivity contribution in [3.05, 3.63) is 41.0 Å². The quantitative estimate of drug-likeness (QED) is 0.770. The van der Waals surface area contributed by atoms with Gasteiger partial charge in [0.05, 0.1) is 5.56 Å². The molecule has 0 amide bonds. The molecule has 2 N–H and O–H groups in total. The Balaban J connectivity index is 2.82. The predicted molar refractivity (Wildman–Crippen MR) is 62.0 cm³/mol. The van der Waals surface area contributed by atoms with Gasteiger partial charge in [0, 0.05) is 5.39 Å². The maximum absolute atomic E-state index is 10.8. The van der Waals surface area contributed by atoms with Crippen LogP contribution in [0.2, 0.25) is 0 Å². The molecule has 0 atom stereocenters. The van der Waals surface area contributed by atoms with Crippen molar-refractivity contribution in [3.63, 3.8) is 0 Å². The molecule has 0 spiro atoms. The molecule has 0 aliphatic carbocycles. The summed E-state index contributed by atoms with van der Waals surface area (Å²) in [6.45, 7) is 3.92. The third-order valence-electron chi connectivity index (χ3n) is 2.79. The number of rotatable bonds is 1. The Morgan fingerprint density at radius 1 is 1.06 bits per heavy atom. The van der Waals surface area contributed by atoms with E-state index in [2.05, 4.69) is 0 Å². The van der Waals surface area contributed by atoms with E-state index < -0.39 is 5.97 Å². The van der Waals surface area contributed by atoms with Crippen LogP contribution in [0, 0.1) is 13.8 Å². The van der Waals surface area contributed by atoms with E-state index in [4.69, 9.17) is 5.11 Å². The first-order chi connectivity index (χ1) is 7.49. The highest BCUT2D eigenvalue weighted by molar-refractivity contribution is 5.97. The van der Waals surface area contributed by atoms with Crippen LogP contribution in [-0.4, -0.2) is 16.2 Å². The number of aromatic carboxylic acids is 1. The van der Waals surface area contributed by atoms with Gasteiger partial charge in [-0.15, -0.1) is 0 Å². The molecular formula is C13H12O3. The van der Waals surface area contributed by atoms with Crippen molar-refractivity contribution in [2.24, 2.45) is 0 Å². The van der Waals surface area contributed by atoms with Gasteiger partial charge in [-0.1, -0.05) is 6.07 Å². The normalized spacial score (nSPS) is 10.6. The number of hydrogen-bond donors (Lipinski definition) is 2. The number of benzene rings is 2. The Morgan fingerprint density at radius 3 is 2.31 bits per heavy atom. The van der Waals surface area contributed by atoms with Crippen molar-refractivity contribution in [1.29, 1.82) is 0 Å². The molecule has 0 bridgehead atoms. The van der Waals surface area contributed by atoms with Crippen molar-refractivity contribution in [2.75, 3.05) is 0 Å². The fraction of sp³-hybridized carbons (Fsp3) is 0.154. The Morgan fingerprint density at radius 2 is 1.69 bits per heavy atom. The molecule has 16 heavy (non-hydrogen) atoms. The zero-order chi connectivity index (χ0) is 11.9. The summed E-state index contributed by atoms with van der Waals surface area (Å²) in [4.78, 5) is 10.8. The Bertz CT molecular complexity index is 585. The van der Waals surface area contributed by atoms with Crippen LogP contribution in [-0.2, 0) is 0 Å². The molecule has 2 rings (SSSR count). The fourth-order valence-corrected chi connectivity index (χ4v) is 1.74. The predicted octanol–water partition coefficient (Wildman–Crippen LogP) is 2.86. The van der Waals surface area contributed by atoms with Crippen molar-refractivity contribution in [3.8, 4) is 5.75 Å². The maximum Gasteiger partial charge on any atom is 0.335 e. The molecule has 0 saturated heterocycles. The Kier molecular flexibility index (Phi) is 2.31. The maximum atomic E-state index is 10.8. The lowest BCUT2D eigenvalue weighted by Gasteiger charge is -2.07. The lowest BCUT2D eigenvalue weighted by Crippen LogP contribution is -1.96. The summed E-state index contributed by atoms with van der Waals surface area (Å²) < 4.78 is 0. The highest BCUT2D eigenvalue weighted by Gasteiger charge is 2.09. The van der Waals surface area contributed by atoms with Gasteiger partial charge in [-0.2, -0.15) is 0 Å². The van der Waals surface area contributed by atoms with E-state index >= 15 is 0 Å². The first-order valence-corrected chi connectivity index (χ1v) is 4.96. The molecule has 3 nitrogen and oxygen atoms in total. The standard InChI is InChI=1S/C13H12O3/c1-7-3-9-5-10(13(15)16)6-12(14)11(9)4-8(7)2/h3-6,14H,1-2H3,(H,15,16). The van der Waals surface area contributed by atoms with Crippen LogP contribution in [0.5, 0.6) is 5.75 Å². The van der Waals surface area contributed by atoms with E-state index in [1.54, 1.807) is 6.07 Å². The second kappa shape index (κ2) is 3.52. The molecule has 0 aliphatic heterocycles. The van der Waals surface area contributed by atoms with Crippen LogP contribution in [0.15, 0.2) is 24.3 Å². The second-order valence-corrected chi connectivity index (χ2v) is 3.96. The summed E-state index contributed by atoms with van der Waals surface area (Å²) in [5.41, 5.74) is 2.26. The summed E-state index contributed by atoms with van der Waals surface area (Å²) in [6, 6.07) is 6.60. The number of phenols is 1. The zero-order valence-corrected chi connectivity index (χ0v) is 9.11. The van der Waals surface area contributed by atoms with E-state index in [-0.39, 0.29) is 11.3 Å². The number of aryl methyl sites for hydroxylation is 2. The number of aromatic hydroxyl groups is 1. The molecule has 0 aromatic heterocycles. The van der Waals surface area contributed by atoms with Crippen molar-refractivity contribution >= 4 is 16.7 Å². The van der Waals surface area contributed by atoms with E-state index in [0.29, 0.717) is 5.39 Å². The van der Waals surface area contributed by atoms with Crippen molar-refractivity contribution in [2.45, 2.75) is 13.8 Å². The van der Waals surface area contributed by atoms with Crippen molar-refractivity contribution < 1.29 is 15.0 Å². The van der Waals surface area contributed by atoms with Crippen LogP contribution < -0.4 is 0 Å². The molecule has 0 fully saturated rings. The van der Waals surface area contributed by atoms with Crippen LogP contribution in [0.1, 0.15) is 21.5 Å². The molecule has 0 unspecified atom stereocenters. The summed E-state index contributed by atoms with van der Waals surface area (Å²) in [5.74, 6) is -1.02. The van der Waals surface area contributed by atoms with Crippen molar-refractivity contribution in [1.82, 2.24) is 0 Å². The lowest BCUT2D eigenvalue weighted by molar-refractivity contribution is 0.0696. The van der Waals surface area contributed by atoms with Gasteiger partial charge in [0.2, 0.25) is 0 Å². The van der Waals surface area contributed by atoms with Crippen LogP contribution in [0.25, 0.3) is 10.8 Å². The minimum absolute atomic E-state index is 0.0120. The largest absolute Gasteiger partial charge is 0.507 e. The van der Waals surface area contributed by atoms with Crippen LogP contribution in [0.4, 0.5) is 0 Å². The van der Waals surface area contributed by atoms with Crippen LogP contribution in [0.3, 0.4) is 0 Å². The molecule has 0 radical (unpaired) electrons. The number of carboxylic acid groups (broad SMARTS) is 1. The average molecular weight is 216 g/mol. The third kappa shape index (κ3) is 1.60. The zero-order valence-electron chi connectivity index (χ0n) is 9.11. The molecule has 0 aliphatic rings. The summed E-state index contributed by atoms with van der Waals surface area (Å²) in [6.07, 6.45) is 0. The minimum Gasteiger partial charge on any atom is -0.507 e. The van der Waals surface area contributed by atoms with Crippen LogP contribution >= 0.6 is 0 Å². The number of carboxylic acids is 1. The Labute approximate surface area is 93.0 Å². The van der Waals surface area contributed by atoms with Gasteiger partial charge in [-0.05, 0) is 48.6 Å². The van der Waals surface area contributed by atoms with E-state index in [0.717, 1.165) is 16.5 Å². The smallest absolute Gasteiger partial charge is 0.335 e. The van der Waals surface area contributed by atoms with Gasteiger partial charge in [-0.3, -0.25) is 0 Å². The number of carbonyl (C=O) groups is 1. The monoisotopic (exact) mass is 216 g/mol. The minimum atomic E-state index is -1.03. The van der Waals surface area contributed by atoms with E-state index in [9.17, 15) is 9.90 Å². The Hall–Kier alpha value is -2.03. The highest BCUT2D eigenvalue weighted by Crippen LogP contribution is 2.29. The molecular weight excluding hydrogens is 204 g/mol. The first kappa shape index (κ1) is 10.5. The van der Waals surface area contributed by atoms with Gasteiger partial charge >= 0.3 is 5.97 Å². The van der Waals surface area contributed by atoms with Gasteiger partial charge < -0.3 is 10.2 Å². The highest BCUT2D eigenvalue weighted by atomic mass is 16.4. The summed E-state index contributed by atoms with van der Waals surface area (Å²) in [5, 5.41) is 20.1. The molecule has 2 aromatic carbocycles.